The van der Waals surface area contributed by atoms with Crippen LogP contribution in [0, 0.1) is 6.92 Å². The number of hydrogen-bond acceptors (Lipinski definition) is 4. The molecule has 2 heterocycles. The molecule has 134 valence electrons. The number of anilines is 1. The van der Waals surface area contributed by atoms with Crippen molar-refractivity contribution < 1.29 is 9.53 Å². The highest BCUT2D eigenvalue weighted by atomic mass is 35.5. The second-order valence-electron chi connectivity index (χ2n) is 6.29. The van der Waals surface area contributed by atoms with Gasteiger partial charge in [0.1, 0.15) is 5.75 Å². The number of rotatable bonds is 5. The average Bonchev–Trinajstić information content (AvgIpc) is 3.21. The number of aryl methyl sites for hydroxylation is 2. The van der Waals surface area contributed by atoms with E-state index < -0.39 is 0 Å². The van der Waals surface area contributed by atoms with Gasteiger partial charge in [-0.15, -0.1) is 11.3 Å². The van der Waals surface area contributed by atoms with Gasteiger partial charge in [-0.25, -0.2) is 0 Å². The molecule has 3 rings (SSSR count). The van der Waals surface area contributed by atoms with Crippen LogP contribution in [-0.4, -0.2) is 32.1 Å². The van der Waals surface area contributed by atoms with Crippen molar-refractivity contribution in [3.8, 4) is 5.75 Å². The van der Waals surface area contributed by atoms with E-state index in [0.29, 0.717) is 5.02 Å². The number of carbonyl (C=O) groups excluding carboxylic acids is 1. The number of halogens is 1. The third-order valence-corrected chi connectivity index (χ3v) is 6.19. The summed E-state index contributed by atoms with van der Waals surface area (Å²) < 4.78 is 5.44. The Kier molecular flexibility index (Phi) is 5.54. The highest BCUT2D eigenvalue weighted by Gasteiger charge is 2.27. The normalized spacial score (nSPS) is 17.0. The van der Waals surface area contributed by atoms with Crippen molar-refractivity contribution in [3.05, 3.63) is 44.6 Å². The van der Waals surface area contributed by atoms with Gasteiger partial charge >= 0.3 is 0 Å². The van der Waals surface area contributed by atoms with Crippen LogP contribution in [0.1, 0.15) is 33.5 Å². The van der Waals surface area contributed by atoms with Gasteiger partial charge in [0.25, 0.3) is 5.91 Å². The van der Waals surface area contributed by atoms with E-state index in [9.17, 15) is 4.79 Å². The van der Waals surface area contributed by atoms with Gasteiger partial charge < -0.3 is 15.0 Å². The highest BCUT2D eigenvalue weighted by Crippen LogP contribution is 2.33. The quantitative estimate of drug-likeness (QED) is 0.843. The van der Waals surface area contributed by atoms with E-state index in [2.05, 4.69) is 24.1 Å². The fraction of sp³-hybridized carbons (Fsp3) is 0.421. The molecule has 6 heteroatoms. The second kappa shape index (κ2) is 7.67. The third kappa shape index (κ3) is 3.93. The first-order chi connectivity index (χ1) is 12.0. The minimum Gasteiger partial charge on any atom is -0.495 e. The second-order valence-corrected chi connectivity index (χ2v) is 7.86. The SMILES string of the molecule is CCc1sc(C(=O)NC2CCN(c3cc(Cl)ccc3OC)C2)cc1C. The maximum atomic E-state index is 12.5. The van der Waals surface area contributed by atoms with Gasteiger partial charge in [-0.05, 0) is 49.6 Å². The number of hydrogen-bond donors (Lipinski definition) is 1. The van der Waals surface area contributed by atoms with E-state index in [1.807, 2.05) is 24.3 Å². The molecule has 1 atom stereocenters. The molecule has 4 nitrogen and oxygen atoms in total. The number of thiophene rings is 1. The zero-order chi connectivity index (χ0) is 18.0. The maximum absolute atomic E-state index is 12.5. The third-order valence-electron chi connectivity index (χ3n) is 4.57. The van der Waals surface area contributed by atoms with Crippen molar-refractivity contribution in [1.29, 1.82) is 0 Å². The summed E-state index contributed by atoms with van der Waals surface area (Å²) in [5.74, 6) is 0.829. The molecule has 1 saturated heterocycles. The Morgan fingerprint density at radius 3 is 2.92 bits per heavy atom. The first-order valence-electron chi connectivity index (χ1n) is 8.50. The number of ether oxygens (including phenoxy) is 1. The summed E-state index contributed by atoms with van der Waals surface area (Å²) >= 11 is 7.73. The number of nitrogens with one attached hydrogen (secondary N) is 1. The van der Waals surface area contributed by atoms with Crippen molar-refractivity contribution in [1.82, 2.24) is 5.32 Å². The zero-order valence-corrected chi connectivity index (χ0v) is 16.3. The molecule has 0 bridgehead atoms. The summed E-state index contributed by atoms with van der Waals surface area (Å²) in [4.78, 5) is 16.8. The Morgan fingerprint density at radius 2 is 2.24 bits per heavy atom. The number of carbonyl (C=O) groups is 1. The first kappa shape index (κ1) is 18.1. The van der Waals surface area contributed by atoms with Crippen molar-refractivity contribution >= 4 is 34.5 Å². The molecule has 1 unspecified atom stereocenters. The molecule has 2 aromatic rings. The van der Waals surface area contributed by atoms with Crippen molar-refractivity contribution in [2.45, 2.75) is 32.7 Å². The van der Waals surface area contributed by atoms with E-state index in [1.54, 1.807) is 18.4 Å². The van der Waals surface area contributed by atoms with Crippen LogP contribution in [0.4, 0.5) is 5.69 Å². The molecule has 0 spiro atoms. The lowest BCUT2D eigenvalue weighted by atomic mass is 10.2. The van der Waals surface area contributed by atoms with Gasteiger partial charge in [-0.3, -0.25) is 4.79 Å². The topological polar surface area (TPSA) is 41.6 Å². The van der Waals surface area contributed by atoms with Gasteiger partial charge in [-0.1, -0.05) is 18.5 Å². The van der Waals surface area contributed by atoms with E-state index in [4.69, 9.17) is 16.3 Å². The zero-order valence-electron chi connectivity index (χ0n) is 14.8. The molecule has 1 aromatic heterocycles. The van der Waals surface area contributed by atoms with Crippen LogP contribution in [0.15, 0.2) is 24.3 Å². The monoisotopic (exact) mass is 378 g/mol. The number of amides is 1. The number of nitrogens with zero attached hydrogens (tertiary/aromatic N) is 1. The summed E-state index contributed by atoms with van der Waals surface area (Å²) in [5, 5.41) is 3.85. The van der Waals surface area contributed by atoms with Crippen molar-refractivity contribution in [3.63, 3.8) is 0 Å². The molecule has 1 aliphatic heterocycles. The molecule has 1 aliphatic rings. The molecule has 1 amide bonds. The van der Waals surface area contributed by atoms with Crippen LogP contribution < -0.4 is 15.0 Å². The van der Waals surface area contributed by atoms with Gasteiger partial charge in [0, 0.05) is 29.0 Å². The van der Waals surface area contributed by atoms with E-state index >= 15 is 0 Å². The van der Waals surface area contributed by atoms with Crippen molar-refractivity contribution in [2.75, 3.05) is 25.1 Å². The summed E-state index contributed by atoms with van der Waals surface area (Å²) in [5.41, 5.74) is 2.18. The smallest absolute Gasteiger partial charge is 0.261 e. The van der Waals surface area contributed by atoms with Gasteiger partial charge in [0.2, 0.25) is 0 Å². The first-order valence-corrected chi connectivity index (χ1v) is 9.70. The maximum Gasteiger partial charge on any atom is 0.261 e. The van der Waals surface area contributed by atoms with Gasteiger partial charge in [0.05, 0.1) is 17.7 Å². The molecular formula is C19H23ClN2O2S. The molecule has 1 N–H and O–H groups in total. The summed E-state index contributed by atoms with van der Waals surface area (Å²) in [7, 11) is 1.66. The Hall–Kier alpha value is -1.72. The Balaban J connectivity index is 1.67. The largest absolute Gasteiger partial charge is 0.495 e. The van der Waals surface area contributed by atoms with Crippen LogP contribution in [0.2, 0.25) is 5.02 Å². The van der Waals surface area contributed by atoms with Crippen LogP contribution in [0.25, 0.3) is 0 Å². The van der Waals surface area contributed by atoms with E-state index in [-0.39, 0.29) is 11.9 Å². The average molecular weight is 379 g/mol. The molecule has 0 aliphatic carbocycles. The summed E-state index contributed by atoms with van der Waals surface area (Å²) in [6.45, 7) is 5.81. The molecule has 1 aromatic carbocycles. The van der Waals surface area contributed by atoms with E-state index in [0.717, 1.165) is 42.2 Å². The summed E-state index contributed by atoms with van der Waals surface area (Å²) in [6, 6.07) is 7.74. The van der Waals surface area contributed by atoms with Gasteiger partial charge in [0.15, 0.2) is 0 Å². The fourth-order valence-corrected chi connectivity index (χ4v) is 4.43. The Labute approximate surface area is 157 Å². The predicted molar refractivity (Wildman–Crippen MR) is 105 cm³/mol. The van der Waals surface area contributed by atoms with Crippen LogP contribution in [-0.2, 0) is 6.42 Å². The van der Waals surface area contributed by atoms with Crippen LogP contribution in [0.5, 0.6) is 5.75 Å². The van der Waals surface area contributed by atoms with Crippen LogP contribution >= 0.6 is 22.9 Å². The standard InChI is InChI=1S/C19H23ClN2O2S/c1-4-17-12(2)9-18(25-17)19(23)21-14-7-8-22(11-14)15-10-13(20)5-6-16(15)24-3/h5-6,9-10,14H,4,7-8,11H2,1-3H3,(H,21,23). The number of benzene rings is 1. The molecule has 25 heavy (non-hydrogen) atoms. The lowest BCUT2D eigenvalue weighted by Gasteiger charge is -2.21. The molecule has 0 radical (unpaired) electrons. The van der Waals surface area contributed by atoms with E-state index in [1.165, 1.54) is 10.4 Å². The Bertz CT molecular complexity index is 775. The lowest BCUT2D eigenvalue weighted by molar-refractivity contribution is 0.0944. The van der Waals surface area contributed by atoms with Gasteiger partial charge in [-0.2, -0.15) is 0 Å². The minimum absolute atomic E-state index is 0.0257. The molecule has 1 fully saturated rings. The molecule has 0 saturated carbocycles. The number of methoxy groups -OCH3 is 1. The van der Waals surface area contributed by atoms with Crippen LogP contribution in [0.3, 0.4) is 0 Å². The predicted octanol–water partition coefficient (Wildman–Crippen LogP) is 4.29. The lowest BCUT2D eigenvalue weighted by Crippen LogP contribution is -2.36. The highest BCUT2D eigenvalue weighted by molar-refractivity contribution is 7.14. The summed E-state index contributed by atoms with van der Waals surface area (Å²) in [6.07, 6.45) is 1.88. The minimum atomic E-state index is 0.0257. The fourth-order valence-electron chi connectivity index (χ4n) is 3.25. The van der Waals surface area contributed by atoms with Crippen molar-refractivity contribution in [2.24, 2.45) is 0 Å². The molecular weight excluding hydrogens is 356 g/mol. The Morgan fingerprint density at radius 1 is 1.44 bits per heavy atom.